The molecule has 1 amide bonds. The number of carbonyl (C=O) groups excluding carboxylic acids is 1. The van der Waals surface area contributed by atoms with Gasteiger partial charge in [0.15, 0.2) is 0 Å². The highest BCUT2D eigenvalue weighted by atomic mass is 16.2. The van der Waals surface area contributed by atoms with Crippen molar-refractivity contribution < 1.29 is 4.79 Å². The molecule has 2 heteroatoms. The van der Waals surface area contributed by atoms with Crippen molar-refractivity contribution in [2.24, 2.45) is 0 Å². The summed E-state index contributed by atoms with van der Waals surface area (Å²) in [7, 11) is 1.87. The lowest BCUT2D eigenvalue weighted by Crippen LogP contribution is -2.37. The predicted octanol–water partition coefficient (Wildman–Crippen LogP) is 4.83. The number of hydrogen-bond acceptors (Lipinski definition) is 1. The molecule has 0 aliphatic carbocycles. The van der Waals surface area contributed by atoms with Gasteiger partial charge in [-0.05, 0) is 47.7 Å². The molecule has 0 radical (unpaired) electrons. The van der Waals surface area contributed by atoms with Crippen molar-refractivity contribution in [1.29, 1.82) is 0 Å². The van der Waals surface area contributed by atoms with Gasteiger partial charge in [-0.15, -0.1) is 0 Å². The molecule has 0 saturated heterocycles. The van der Waals surface area contributed by atoms with Crippen LogP contribution in [0.2, 0.25) is 0 Å². The Morgan fingerprint density at radius 2 is 1.48 bits per heavy atom. The van der Waals surface area contributed by atoms with Gasteiger partial charge in [0, 0.05) is 12.7 Å². The van der Waals surface area contributed by atoms with Crippen molar-refractivity contribution in [2.45, 2.75) is 18.8 Å². The van der Waals surface area contributed by atoms with Gasteiger partial charge >= 0.3 is 0 Å². The number of amides is 1. The Bertz CT molecular complexity index is 917. The molecule has 3 aromatic rings. The minimum Gasteiger partial charge on any atom is -0.314 e. The van der Waals surface area contributed by atoms with E-state index in [-0.39, 0.29) is 5.91 Å². The van der Waals surface area contributed by atoms with Crippen molar-refractivity contribution >= 4 is 11.6 Å². The Hall–Kier alpha value is -2.87. The SMILES string of the molecule is CN1C(=O)C(C)(Cc2ccccc2)c2cc(-c3ccccc3)ccc21. The van der Waals surface area contributed by atoms with E-state index in [0.29, 0.717) is 6.42 Å². The summed E-state index contributed by atoms with van der Waals surface area (Å²) in [5, 5.41) is 0. The van der Waals surface area contributed by atoms with Crippen LogP contribution in [0, 0.1) is 0 Å². The highest BCUT2D eigenvalue weighted by Gasteiger charge is 2.45. The molecule has 0 fully saturated rings. The number of carbonyl (C=O) groups is 1. The lowest BCUT2D eigenvalue weighted by atomic mass is 9.77. The van der Waals surface area contributed by atoms with Gasteiger partial charge in [-0.1, -0.05) is 66.7 Å². The molecule has 1 unspecified atom stereocenters. The molecule has 0 saturated carbocycles. The zero-order valence-corrected chi connectivity index (χ0v) is 14.6. The van der Waals surface area contributed by atoms with Crippen molar-refractivity contribution in [1.82, 2.24) is 0 Å². The van der Waals surface area contributed by atoms with Crippen LogP contribution in [-0.2, 0) is 16.6 Å². The Balaban J connectivity index is 1.82. The van der Waals surface area contributed by atoms with Gasteiger partial charge < -0.3 is 4.90 Å². The van der Waals surface area contributed by atoms with Crippen molar-refractivity contribution in [3.05, 3.63) is 90.0 Å². The molecule has 1 aliphatic rings. The Kier molecular flexibility index (Phi) is 3.69. The van der Waals surface area contributed by atoms with E-state index in [1.54, 1.807) is 4.90 Å². The van der Waals surface area contributed by atoms with Gasteiger partial charge in [0.2, 0.25) is 5.91 Å². The molecular weight excluding hydrogens is 306 g/mol. The zero-order chi connectivity index (χ0) is 17.4. The summed E-state index contributed by atoms with van der Waals surface area (Å²) in [6, 6.07) is 27.0. The molecular formula is C23H21NO. The molecule has 0 aromatic heterocycles. The van der Waals surface area contributed by atoms with E-state index < -0.39 is 5.41 Å². The first-order valence-corrected chi connectivity index (χ1v) is 8.62. The molecule has 0 N–H and O–H groups in total. The maximum Gasteiger partial charge on any atom is 0.237 e. The number of rotatable bonds is 3. The summed E-state index contributed by atoms with van der Waals surface area (Å²) < 4.78 is 0. The second-order valence-electron chi connectivity index (χ2n) is 6.96. The van der Waals surface area contributed by atoms with Crippen LogP contribution in [0.5, 0.6) is 0 Å². The number of anilines is 1. The number of nitrogens with zero attached hydrogens (tertiary/aromatic N) is 1. The third-order valence-corrected chi connectivity index (χ3v) is 5.24. The molecule has 2 nitrogen and oxygen atoms in total. The van der Waals surface area contributed by atoms with Crippen LogP contribution in [0.15, 0.2) is 78.9 Å². The van der Waals surface area contributed by atoms with E-state index in [4.69, 9.17) is 0 Å². The summed E-state index contributed by atoms with van der Waals surface area (Å²) in [5.74, 6) is 0.163. The average molecular weight is 327 g/mol. The van der Waals surface area contributed by atoms with Crippen LogP contribution in [0.25, 0.3) is 11.1 Å². The molecule has 3 aromatic carbocycles. The number of fused-ring (bicyclic) bond motifs is 1. The maximum absolute atomic E-state index is 13.1. The highest BCUT2D eigenvalue weighted by Crippen LogP contribution is 2.44. The van der Waals surface area contributed by atoms with Crippen LogP contribution in [0.3, 0.4) is 0 Å². The molecule has 1 heterocycles. The summed E-state index contributed by atoms with van der Waals surface area (Å²) in [6.07, 6.45) is 0.711. The quantitative estimate of drug-likeness (QED) is 0.675. The van der Waals surface area contributed by atoms with E-state index in [0.717, 1.165) is 16.8 Å². The largest absolute Gasteiger partial charge is 0.314 e. The number of benzene rings is 3. The summed E-state index contributed by atoms with van der Waals surface area (Å²) in [6.45, 7) is 2.07. The number of likely N-dealkylation sites (N-methyl/N-ethyl adjacent to an activating group) is 1. The summed E-state index contributed by atoms with van der Waals surface area (Å²) in [4.78, 5) is 14.9. The zero-order valence-electron chi connectivity index (χ0n) is 14.6. The number of hydrogen-bond donors (Lipinski definition) is 0. The van der Waals surface area contributed by atoms with Gasteiger partial charge in [-0.3, -0.25) is 4.79 Å². The third-order valence-electron chi connectivity index (χ3n) is 5.24. The average Bonchev–Trinajstić information content (AvgIpc) is 2.84. The van der Waals surface area contributed by atoms with E-state index in [9.17, 15) is 4.79 Å². The van der Waals surface area contributed by atoms with E-state index in [1.807, 2.05) is 43.4 Å². The van der Waals surface area contributed by atoms with Crippen molar-refractivity contribution in [2.75, 3.05) is 11.9 Å². The third kappa shape index (κ3) is 2.54. The minimum atomic E-state index is -0.532. The van der Waals surface area contributed by atoms with Crippen LogP contribution in [0.4, 0.5) is 5.69 Å². The minimum absolute atomic E-state index is 0.163. The predicted molar refractivity (Wildman–Crippen MR) is 103 cm³/mol. The molecule has 1 atom stereocenters. The fourth-order valence-corrected chi connectivity index (χ4v) is 3.85. The molecule has 25 heavy (non-hydrogen) atoms. The summed E-state index contributed by atoms with van der Waals surface area (Å²) >= 11 is 0. The van der Waals surface area contributed by atoms with Gasteiger partial charge in [0.25, 0.3) is 0 Å². The first kappa shape index (κ1) is 15.6. The smallest absolute Gasteiger partial charge is 0.237 e. The summed E-state index contributed by atoms with van der Waals surface area (Å²) in [5.41, 5.74) is 5.12. The van der Waals surface area contributed by atoms with Gasteiger partial charge in [0.05, 0.1) is 5.41 Å². The van der Waals surface area contributed by atoms with Gasteiger partial charge in [0.1, 0.15) is 0 Å². The lowest BCUT2D eigenvalue weighted by molar-refractivity contribution is -0.122. The van der Waals surface area contributed by atoms with Gasteiger partial charge in [-0.2, -0.15) is 0 Å². The highest BCUT2D eigenvalue weighted by molar-refractivity contribution is 6.08. The second-order valence-corrected chi connectivity index (χ2v) is 6.96. The van der Waals surface area contributed by atoms with Crippen LogP contribution in [0.1, 0.15) is 18.1 Å². The standard InChI is InChI=1S/C23H21NO/c1-23(16-17-9-5-3-6-10-17)20-15-19(18-11-7-4-8-12-18)13-14-21(20)24(2)22(23)25/h3-15H,16H2,1-2H3. The van der Waals surface area contributed by atoms with Gasteiger partial charge in [-0.25, -0.2) is 0 Å². The van der Waals surface area contributed by atoms with E-state index in [1.165, 1.54) is 11.1 Å². The Labute approximate surface area is 148 Å². The Morgan fingerprint density at radius 3 is 2.16 bits per heavy atom. The molecule has 4 rings (SSSR count). The molecule has 0 bridgehead atoms. The first-order valence-electron chi connectivity index (χ1n) is 8.62. The van der Waals surface area contributed by atoms with E-state index in [2.05, 4.69) is 49.4 Å². The van der Waals surface area contributed by atoms with Crippen molar-refractivity contribution in [3.8, 4) is 11.1 Å². The topological polar surface area (TPSA) is 20.3 Å². The molecule has 124 valence electrons. The normalized spacial score (nSPS) is 19.1. The molecule has 1 aliphatic heterocycles. The van der Waals surface area contributed by atoms with Crippen molar-refractivity contribution in [3.63, 3.8) is 0 Å². The van der Waals surface area contributed by atoms with Crippen LogP contribution < -0.4 is 4.90 Å². The maximum atomic E-state index is 13.1. The van der Waals surface area contributed by atoms with Crippen LogP contribution >= 0.6 is 0 Å². The molecule has 0 spiro atoms. The fraction of sp³-hybridized carbons (Fsp3) is 0.174. The monoisotopic (exact) mass is 327 g/mol. The first-order chi connectivity index (χ1) is 12.1. The second kappa shape index (κ2) is 5.89. The fourth-order valence-electron chi connectivity index (χ4n) is 3.85. The Morgan fingerprint density at radius 1 is 0.840 bits per heavy atom. The van der Waals surface area contributed by atoms with Crippen LogP contribution in [-0.4, -0.2) is 13.0 Å². The lowest BCUT2D eigenvalue weighted by Gasteiger charge is -2.23. The van der Waals surface area contributed by atoms with E-state index >= 15 is 0 Å².